The highest BCUT2D eigenvalue weighted by Gasteiger charge is 2.42. The third kappa shape index (κ3) is 1.78. The fraction of sp³-hybridized carbons (Fsp3) is 0.750. The molecule has 0 radical (unpaired) electrons. The molecule has 0 aromatic rings. The highest BCUT2D eigenvalue weighted by Crippen LogP contribution is 2.46. The predicted molar refractivity (Wildman–Crippen MR) is 34.5 cm³/mol. The number of carbonyl (C=O) groups is 1. The summed E-state index contributed by atoms with van der Waals surface area (Å²) in [6, 6.07) is -0.896. The summed E-state index contributed by atoms with van der Waals surface area (Å²) in [5, 5.41) is 0. The van der Waals surface area contributed by atoms with Gasteiger partial charge in [0.25, 0.3) is 0 Å². The second-order valence-electron chi connectivity index (χ2n) is 2.32. The van der Waals surface area contributed by atoms with Gasteiger partial charge in [-0.25, -0.2) is 0 Å². The van der Waals surface area contributed by atoms with E-state index in [1.54, 1.807) is 0 Å². The lowest BCUT2D eigenvalue weighted by Gasteiger charge is -2.09. The molecule has 1 rings (SSSR count). The normalized spacial score (nSPS) is 32.1. The lowest BCUT2D eigenvalue weighted by molar-refractivity contribution is -0.140. The summed E-state index contributed by atoms with van der Waals surface area (Å²) in [5.41, 5.74) is 5.15. The lowest BCUT2D eigenvalue weighted by Crippen LogP contribution is -2.24. The molecule has 6 nitrogen and oxygen atoms in total. The molecule has 1 saturated heterocycles. The van der Waals surface area contributed by atoms with Gasteiger partial charge in [0, 0.05) is 6.42 Å². The maximum absolute atomic E-state index is 10.5. The Morgan fingerprint density at radius 2 is 2.18 bits per heavy atom. The van der Waals surface area contributed by atoms with Crippen LogP contribution in [0.15, 0.2) is 0 Å². The molecule has 64 valence electrons. The first-order valence-electron chi connectivity index (χ1n) is 2.92. The summed E-state index contributed by atoms with van der Waals surface area (Å²) in [4.78, 5) is 27.6. The van der Waals surface area contributed by atoms with Crippen LogP contribution in [0.3, 0.4) is 0 Å². The van der Waals surface area contributed by atoms with Crippen molar-refractivity contribution in [3.05, 3.63) is 0 Å². The Hall–Kier alpha value is -0.420. The van der Waals surface area contributed by atoms with Crippen LogP contribution in [-0.4, -0.2) is 27.6 Å². The van der Waals surface area contributed by atoms with Gasteiger partial charge in [0.2, 0.25) is 5.85 Å². The molecule has 0 aromatic carbocycles. The van der Waals surface area contributed by atoms with Crippen molar-refractivity contribution in [3.8, 4) is 0 Å². The third-order valence-electron chi connectivity index (χ3n) is 1.39. The Balaban J connectivity index is 2.69. The van der Waals surface area contributed by atoms with E-state index in [-0.39, 0.29) is 6.42 Å². The number of nitrogens with two attached hydrogens (primary N) is 1. The number of hydrogen-bond acceptors (Lipinski definition) is 4. The van der Waals surface area contributed by atoms with E-state index in [1.165, 1.54) is 0 Å². The van der Waals surface area contributed by atoms with Crippen molar-refractivity contribution >= 4 is 13.6 Å². The molecule has 0 aliphatic carbocycles. The van der Waals surface area contributed by atoms with E-state index in [4.69, 9.17) is 15.5 Å². The molecule has 0 spiro atoms. The monoisotopic (exact) mass is 181 g/mol. The fourth-order valence-electron chi connectivity index (χ4n) is 0.789. The van der Waals surface area contributed by atoms with Gasteiger partial charge in [-0.1, -0.05) is 0 Å². The lowest BCUT2D eigenvalue weighted by atomic mass is 10.3. The molecule has 1 heterocycles. The smallest absolute Gasteiger partial charge is 0.365 e. The van der Waals surface area contributed by atoms with Crippen LogP contribution in [0, 0.1) is 0 Å². The highest BCUT2D eigenvalue weighted by molar-refractivity contribution is 7.52. The summed E-state index contributed by atoms with van der Waals surface area (Å²) in [6.07, 6.45) is -0.108. The largest absolute Gasteiger partial charge is 0.448 e. The highest BCUT2D eigenvalue weighted by atomic mass is 31.2. The number of hydrogen-bond donors (Lipinski definition) is 3. The average molecular weight is 181 g/mol. The minimum Gasteiger partial charge on any atom is -0.448 e. The number of carbonyl (C=O) groups excluding carboxylic acids is 1. The van der Waals surface area contributed by atoms with Crippen LogP contribution in [0.1, 0.15) is 6.42 Å². The molecule has 2 atom stereocenters. The van der Waals surface area contributed by atoms with Crippen LogP contribution in [0.25, 0.3) is 0 Å². The van der Waals surface area contributed by atoms with Gasteiger partial charge in [-0.2, -0.15) is 0 Å². The fourth-order valence-corrected chi connectivity index (χ4v) is 1.53. The maximum atomic E-state index is 10.5. The second-order valence-corrected chi connectivity index (χ2v) is 4.08. The Morgan fingerprint density at radius 3 is 2.36 bits per heavy atom. The first kappa shape index (κ1) is 8.67. The maximum Gasteiger partial charge on any atom is 0.365 e. The molecule has 0 unspecified atom stereocenters. The number of cyclic esters (lactones) is 1. The number of rotatable bonds is 1. The van der Waals surface area contributed by atoms with Crippen LogP contribution < -0.4 is 5.73 Å². The SMILES string of the molecule is N[C@H]1C[C@H](P(=O)(O)O)OC1=O. The molecule has 1 fully saturated rings. The molecule has 1 aliphatic rings. The minimum absolute atomic E-state index is 0.108. The number of esters is 1. The molecular formula is C4H8NO5P. The molecule has 0 saturated carbocycles. The average Bonchev–Trinajstić information content (AvgIpc) is 2.11. The second kappa shape index (κ2) is 2.57. The van der Waals surface area contributed by atoms with Gasteiger partial charge in [0.05, 0.1) is 0 Å². The van der Waals surface area contributed by atoms with E-state index in [1.807, 2.05) is 0 Å². The third-order valence-corrected chi connectivity index (χ3v) is 2.45. The zero-order valence-electron chi connectivity index (χ0n) is 5.51. The number of ether oxygens (including phenoxy) is 1. The van der Waals surface area contributed by atoms with E-state index in [9.17, 15) is 9.36 Å². The quantitative estimate of drug-likeness (QED) is 0.345. The summed E-state index contributed by atoms with van der Waals surface area (Å²) in [6.45, 7) is 0. The Bertz CT molecular complexity index is 223. The van der Waals surface area contributed by atoms with Crippen LogP contribution in [0.5, 0.6) is 0 Å². The predicted octanol–water partition coefficient (Wildman–Crippen LogP) is -1.24. The van der Waals surface area contributed by atoms with Crippen molar-refractivity contribution in [2.24, 2.45) is 5.73 Å². The standard InChI is InChI=1S/C4H8NO5P/c5-2-1-3(10-4(2)6)11(7,8)9/h2-3H,1,5H2,(H2,7,8,9)/t2-,3-/m0/s1. The van der Waals surface area contributed by atoms with Crippen molar-refractivity contribution in [1.82, 2.24) is 0 Å². The molecule has 1 aliphatic heterocycles. The van der Waals surface area contributed by atoms with E-state index in [0.717, 1.165) is 0 Å². The van der Waals surface area contributed by atoms with Gasteiger partial charge in [0.15, 0.2) is 0 Å². The summed E-state index contributed by atoms with van der Waals surface area (Å²) in [7, 11) is -4.31. The van der Waals surface area contributed by atoms with E-state index < -0.39 is 25.5 Å². The van der Waals surface area contributed by atoms with Gasteiger partial charge < -0.3 is 20.3 Å². The van der Waals surface area contributed by atoms with Gasteiger partial charge in [-0.05, 0) is 0 Å². The molecule has 0 bridgehead atoms. The van der Waals surface area contributed by atoms with Crippen molar-refractivity contribution in [3.63, 3.8) is 0 Å². The minimum atomic E-state index is -4.31. The summed E-state index contributed by atoms with van der Waals surface area (Å²) < 4.78 is 14.8. The molecular weight excluding hydrogens is 173 g/mol. The molecule has 0 amide bonds. The van der Waals surface area contributed by atoms with Crippen molar-refractivity contribution in [2.45, 2.75) is 18.3 Å². The van der Waals surface area contributed by atoms with E-state index in [0.29, 0.717) is 0 Å². The molecule has 7 heteroatoms. The van der Waals surface area contributed by atoms with Gasteiger partial charge in [-0.15, -0.1) is 0 Å². The van der Waals surface area contributed by atoms with Crippen LogP contribution in [0.2, 0.25) is 0 Å². The van der Waals surface area contributed by atoms with E-state index in [2.05, 4.69) is 4.74 Å². The zero-order chi connectivity index (χ0) is 8.65. The Labute approximate surface area is 62.5 Å². The van der Waals surface area contributed by atoms with Crippen molar-refractivity contribution < 1.29 is 23.9 Å². The van der Waals surface area contributed by atoms with Crippen LogP contribution in [-0.2, 0) is 14.1 Å². The molecule has 11 heavy (non-hydrogen) atoms. The Kier molecular flexibility index (Phi) is 2.02. The summed E-state index contributed by atoms with van der Waals surface area (Å²) >= 11 is 0. The van der Waals surface area contributed by atoms with Crippen molar-refractivity contribution in [2.75, 3.05) is 0 Å². The van der Waals surface area contributed by atoms with Crippen LogP contribution in [0.4, 0.5) is 0 Å². The van der Waals surface area contributed by atoms with E-state index >= 15 is 0 Å². The van der Waals surface area contributed by atoms with Gasteiger partial charge >= 0.3 is 13.6 Å². The Morgan fingerprint density at radius 1 is 1.64 bits per heavy atom. The topological polar surface area (TPSA) is 110 Å². The molecule has 4 N–H and O–H groups in total. The summed E-state index contributed by atoms with van der Waals surface area (Å²) in [5.74, 6) is -2.09. The molecule has 0 aromatic heterocycles. The van der Waals surface area contributed by atoms with Gasteiger partial charge in [0.1, 0.15) is 6.04 Å². The first-order chi connectivity index (χ1) is 4.91. The van der Waals surface area contributed by atoms with Crippen LogP contribution >= 0.6 is 7.60 Å². The van der Waals surface area contributed by atoms with Crippen molar-refractivity contribution in [1.29, 1.82) is 0 Å². The zero-order valence-corrected chi connectivity index (χ0v) is 6.40. The first-order valence-corrected chi connectivity index (χ1v) is 4.60. The van der Waals surface area contributed by atoms with Gasteiger partial charge in [-0.3, -0.25) is 9.36 Å².